The van der Waals surface area contributed by atoms with Gasteiger partial charge in [-0.05, 0) is 26.1 Å². The van der Waals surface area contributed by atoms with Crippen LogP contribution in [0.3, 0.4) is 0 Å². The molecule has 4 heteroatoms. The van der Waals surface area contributed by atoms with E-state index in [1.54, 1.807) is 18.3 Å². The first-order valence-electron chi connectivity index (χ1n) is 4.14. The summed E-state index contributed by atoms with van der Waals surface area (Å²) < 4.78 is 5.43. The van der Waals surface area contributed by atoms with E-state index in [4.69, 9.17) is 16.3 Å². The van der Waals surface area contributed by atoms with Crippen molar-refractivity contribution in [3.63, 3.8) is 0 Å². The molecule has 1 aromatic heterocycles. The largest absolute Gasteiger partial charge is 0.490 e. The fourth-order valence-corrected chi connectivity index (χ4v) is 0.864. The summed E-state index contributed by atoms with van der Waals surface area (Å²) >= 11 is 5.62. The third-order valence-electron chi connectivity index (χ3n) is 1.69. The number of nitrogens with zero attached hydrogens (tertiary/aromatic N) is 1. The van der Waals surface area contributed by atoms with Crippen LogP contribution in [-0.4, -0.2) is 24.7 Å². The maximum Gasteiger partial charge on any atom is 0.137 e. The van der Waals surface area contributed by atoms with Crippen molar-refractivity contribution in [2.75, 3.05) is 13.7 Å². The zero-order chi connectivity index (χ0) is 9.68. The van der Waals surface area contributed by atoms with Crippen LogP contribution in [-0.2, 0) is 0 Å². The van der Waals surface area contributed by atoms with E-state index in [1.807, 2.05) is 14.0 Å². The molecule has 0 aliphatic rings. The minimum Gasteiger partial charge on any atom is -0.490 e. The monoisotopic (exact) mass is 200 g/mol. The van der Waals surface area contributed by atoms with E-state index in [1.165, 1.54) is 0 Å². The van der Waals surface area contributed by atoms with Crippen LogP contribution in [0.25, 0.3) is 0 Å². The van der Waals surface area contributed by atoms with Crippen LogP contribution >= 0.6 is 11.6 Å². The molecule has 0 saturated carbocycles. The smallest absolute Gasteiger partial charge is 0.137 e. The number of rotatable bonds is 4. The molecule has 0 saturated heterocycles. The Kier molecular flexibility index (Phi) is 3.99. The summed E-state index contributed by atoms with van der Waals surface area (Å²) in [5.41, 5.74) is 0. The summed E-state index contributed by atoms with van der Waals surface area (Å²) in [5.74, 6) is 0.742. The second kappa shape index (κ2) is 5.04. The van der Waals surface area contributed by atoms with Gasteiger partial charge >= 0.3 is 0 Å². The molecule has 1 N–H and O–H groups in total. The van der Waals surface area contributed by atoms with E-state index in [9.17, 15) is 0 Å². The van der Waals surface area contributed by atoms with Crippen LogP contribution < -0.4 is 10.1 Å². The van der Waals surface area contributed by atoms with E-state index in [0.717, 1.165) is 5.75 Å². The summed E-state index contributed by atoms with van der Waals surface area (Å²) in [6.07, 6.45) is 1.62. The third-order valence-corrected chi connectivity index (χ3v) is 1.92. The van der Waals surface area contributed by atoms with Gasteiger partial charge in [-0.3, -0.25) is 0 Å². The van der Waals surface area contributed by atoms with Gasteiger partial charge in [0, 0.05) is 6.04 Å². The number of likely N-dealkylation sites (N-methyl/N-ethyl adjacent to an activating group) is 1. The van der Waals surface area contributed by atoms with Gasteiger partial charge < -0.3 is 10.1 Å². The minimum absolute atomic E-state index is 0.329. The molecule has 0 unspecified atom stereocenters. The lowest BCUT2D eigenvalue weighted by Crippen LogP contribution is -2.28. The van der Waals surface area contributed by atoms with Gasteiger partial charge in [0.15, 0.2) is 0 Å². The Labute approximate surface area is 83.1 Å². The molecule has 0 bridgehead atoms. The summed E-state index contributed by atoms with van der Waals surface area (Å²) in [6.45, 7) is 2.67. The Morgan fingerprint density at radius 1 is 1.62 bits per heavy atom. The van der Waals surface area contributed by atoms with E-state index >= 15 is 0 Å². The van der Waals surface area contributed by atoms with Crippen LogP contribution in [0.2, 0.25) is 5.15 Å². The maximum absolute atomic E-state index is 5.62. The quantitative estimate of drug-likeness (QED) is 0.752. The minimum atomic E-state index is 0.329. The van der Waals surface area contributed by atoms with Crippen molar-refractivity contribution < 1.29 is 4.74 Å². The average molecular weight is 201 g/mol. The van der Waals surface area contributed by atoms with Crippen molar-refractivity contribution in [3.05, 3.63) is 23.5 Å². The Balaban J connectivity index is 2.41. The first kappa shape index (κ1) is 10.3. The molecular weight excluding hydrogens is 188 g/mol. The first-order valence-corrected chi connectivity index (χ1v) is 4.52. The van der Waals surface area contributed by atoms with Gasteiger partial charge in [0.25, 0.3) is 0 Å². The normalized spacial score (nSPS) is 12.5. The van der Waals surface area contributed by atoms with Gasteiger partial charge in [-0.2, -0.15) is 0 Å². The summed E-state index contributed by atoms with van der Waals surface area (Å²) in [6, 6.07) is 3.84. The summed E-state index contributed by atoms with van der Waals surface area (Å²) in [4.78, 5) is 3.90. The van der Waals surface area contributed by atoms with Gasteiger partial charge in [-0.15, -0.1) is 0 Å². The van der Waals surface area contributed by atoms with Crippen molar-refractivity contribution in [3.8, 4) is 5.75 Å². The third kappa shape index (κ3) is 3.61. The van der Waals surface area contributed by atoms with Crippen molar-refractivity contribution in [1.29, 1.82) is 0 Å². The fourth-order valence-electron chi connectivity index (χ4n) is 0.752. The molecule has 1 rings (SSSR count). The van der Waals surface area contributed by atoms with Gasteiger partial charge in [0.2, 0.25) is 0 Å². The molecule has 0 amide bonds. The lowest BCUT2D eigenvalue weighted by molar-refractivity contribution is 0.279. The zero-order valence-corrected chi connectivity index (χ0v) is 8.51. The number of ether oxygens (including phenoxy) is 1. The molecule has 0 aliphatic heterocycles. The highest BCUT2D eigenvalue weighted by molar-refractivity contribution is 6.29. The molecule has 3 nitrogen and oxygen atoms in total. The molecule has 0 fully saturated rings. The maximum atomic E-state index is 5.62. The van der Waals surface area contributed by atoms with Crippen LogP contribution in [0.1, 0.15) is 6.92 Å². The standard InChI is InChI=1S/C9H13ClN2O/c1-7(11-2)6-13-8-3-4-9(10)12-5-8/h3-5,7,11H,6H2,1-2H3/t7-/m0/s1. The number of hydrogen-bond donors (Lipinski definition) is 1. The van der Waals surface area contributed by atoms with Gasteiger partial charge in [0.1, 0.15) is 17.5 Å². The summed E-state index contributed by atoms with van der Waals surface area (Å²) in [7, 11) is 1.90. The first-order chi connectivity index (χ1) is 6.22. The molecular formula is C9H13ClN2O. The molecule has 13 heavy (non-hydrogen) atoms. The van der Waals surface area contributed by atoms with E-state index in [-0.39, 0.29) is 0 Å². The lowest BCUT2D eigenvalue weighted by atomic mass is 10.4. The second-order valence-corrected chi connectivity index (χ2v) is 3.20. The van der Waals surface area contributed by atoms with Crippen LogP contribution in [0.4, 0.5) is 0 Å². The van der Waals surface area contributed by atoms with E-state index in [0.29, 0.717) is 17.8 Å². The van der Waals surface area contributed by atoms with Crippen LogP contribution in [0.15, 0.2) is 18.3 Å². The number of nitrogens with one attached hydrogen (secondary N) is 1. The Bertz CT molecular complexity index is 250. The number of pyridine rings is 1. The molecule has 0 aliphatic carbocycles. The summed E-state index contributed by atoms with van der Waals surface area (Å²) in [5, 5.41) is 3.56. The molecule has 72 valence electrons. The van der Waals surface area contributed by atoms with Crippen molar-refractivity contribution >= 4 is 11.6 Å². The number of halogens is 1. The lowest BCUT2D eigenvalue weighted by Gasteiger charge is -2.11. The van der Waals surface area contributed by atoms with Crippen molar-refractivity contribution in [2.24, 2.45) is 0 Å². The number of hydrogen-bond acceptors (Lipinski definition) is 3. The van der Waals surface area contributed by atoms with Crippen LogP contribution in [0.5, 0.6) is 5.75 Å². The topological polar surface area (TPSA) is 34.1 Å². The van der Waals surface area contributed by atoms with Crippen molar-refractivity contribution in [1.82, 2.24) is 10.3 Å². The van der Waals surface area contributed by atoms with Gasteiger partial charge in [-0.1, -0.05) is 11.6 Å². The molecule has 1 aromatic rings. The predicted molar refractivity (Wildman–Crippen MR) is 53.3 cm³/mol. The van der Waals surface area contributed by atoms with E-state index < -0.39 is 0 Å². The molecule has 1 heterocycles. The molecule has 1 atom stereocenters. The number of aromatic nitrogens is 1. The Morgan fingerprint density at radius 3 is 2.92 bits per heavy atom. The van der Waals surface area contributed by atoms with Crippen molar-refractivity contribution in [2.45, 2.75) is 13.0 Å². The predicted octanol–water partition coefficient (Wildman–Crippen LogP) is 1.72. The second-order valence-electron chi connectivity index (χ2n) is 2.82. The fraction of sp³-hybridized carbons (Fsp3) is 0.444. The van der Waals surface area contributed by atoms with E-state index in [2.05, 4.69) is 10.3 Å². The highest BCUT2D eigenvalue weighted by Gasteiger charge is 1.99. The Morgan fingerprint density at radius 2 is 2.38 bits per heavy atom. The SMILES string of the molecule is CN[C@@H](C)COc1ccc(Cl)nc1. The Hall–Kier alpha value is -0.800. The zero-order valence-electron chi connectivity index (χ0n) is 7.75. The van der Waals surface area contributed by atoms with Crippen LogP contribution in [0, 0.1) is 0 Å². The van der Waals surface area contributed by atoms with Gasteiger partial charge in [0.05, 0.1) is 6.20 Å². The molecule has 0 spiro atoms. The van der Waals surface area contributed by atoms with Gasteiger partial charge in [-0.25, -0.2) is 4.98 Å². The highest BCUT2D eigenvalue weighted by Crippen LogP contribution is 2.11. The molecule has 0 radical (unpaired) electrons. The highest BCUT2D eigenvalue weighted by atomic mass is 35.5. The average Bonchev–Trinajstić information content (AvgIpc) is 2.16. The molecule has 0 aromatic carbocycles.